The van der Waals surface area contributed by atoms with Crippen molar-refractivity contribution in [2.45, 2.75) is 46.5 Å². The lowest BCUT2D eigenvalue weighted by Gasteiger charge is -2.11. The molecule has 2 rings (SSSR count). The number of unbranched alkanes of at least 4 members (excludes halogenated alkanes) is 3. The van der Waals surface area contributed by atoms with E-state index in [1.165, 1.54) is 25.3 Å². The van der Waals surface area contributed by atoms with Gasteiger partial charge >= 0.3 is 0 Å². The van der Waals surface area contributed by atoms with E-state index in [4.69, 9.17) is 14.2 Å². The van der Waals surface area contributed by atoms with Crippen LogP contribution in [-0.4, -0.2) is 32.8 Å². The zero-order valence-electron chi connectivity index (χ0n) is 19.2. The summed E-state index contributed by atoms with van der Waals surface area (Å²) in [5.41, 5.74) is 3.19. The van der Waals surface area contributed by atoms with E-state index in [1.54, 1.807) is 13.2 Å². The average molecular weight is 426 g/mol. The molecular weight excluding hydrogens is 390 g/mol. The van der Waals surface area contributed by atoms with Gasteiger partial charge in [-0.2, -0.15) is 0 Å². The van der Waals surface area contributed by atoms with E-state index in [1.807, 2.05) is 44.2 Å². The zero-order valence-corrected chi connectivity index (χ0v) is 19.2. The third-order valence-corrected chi connectivity index (χ3v) is 4.74. The summed E-state index contributed by atoms with van der Waals surface area (Å²) in [6.07, 6.45) is 7.91. The first-order valence-electron chi connectivity index (χ1n) is 11.0. The monoisotopic (exact) mass is 425 g/mol. The van der Waals surface area contributed by atoms with Crippen molar-refractivity contribution in [2.75, 3.05) is 26.9 Å². The number of nitrogens with one attached hydrogen (secondary N) is 1. The number of aryl methyl sites for hydroxylation is 2. The van der Waals surface area contributed by atoms with Crippen LogP contribution in [0.15, 0.2) is 42.5 Å². The number of hydrogen-bond acceptors (Lipinski definition) is 4. The van der Waals surface area contributed by atoms with E-state index in [-0.39, 0.29) is 5.91 Å². The van der Waals surface area contributed by atoms with Crippen molar-refractivity contribution >= 4 is 12.0 Å². The first-order valence-corrected chi connectivity index (χ1v) is 11.0. The van der Waals surface area contributed by atoms with Crippen molar-refractivity contribution in [1.29, 1.82) is 0 Å². The highest BCUT2D eigenvalue weighted by molar-refractivity contribution is 5.91. The Kier molecular flexibility index (Phi) is 10.5. The maximum absolute atomic E-state index is 12.1. The molecule has 168 valence electrons. The number of methoxy groups -OCH3 is 1. The highest BCUT2D eigenvalue weighted by Gasteiger charge is 2.05. The Bertz CT molecular complexity index is 840. The van der Waals surface area contributed by atoms with E-state index in [0.29, 0.717) is 25.5 Å². The lowest BCUT2D eigenvalue weighted by molar-refractivity contribution is -0.116. The molecule has 0 bridgehead atoms. The van der Waals surface area contributed by atoms with Crippen molar-refractivity contribution in [3.8, 4) is 17.2 Å². The van der Waals surface area contributed by atoms with Gasteiger partial charge in [-0.1, -0.05) is 38.3 Å². The van der Waals surface area contributed by atoms with E-state index < -0.39 is 0 Å². The van der Waals surface area contributed by atoms with Crippen LogP contribution >= 0.6 is 0 Å². The highest BCUT2D eigenvalue weighted by atomic mass is 16.5. The van der Waals surface area contributed by atoms with Crippen molar-refractivity contribution in [3.05, 3.63) is 59.2 Å². The molecule has 2 aromatic carbocycles. The van der Waals surface area contributed by atoms with Crippen molar-refractivity contribution in [1.82, 2.24) is 5.32 Å². The summed E-state index contributed by atoms with van der Waals surface area (Å²) < 4.78 is 17.0. The number of ether oxygens (including phenoxy) is 3. The Balaban J connectivity index is 1.77. The number of benzene rings is 2. The van der Waals surface area contributed by atoms with E-state index in [0.717, 1.165) is 34.6 Å². The first kappa shape index (κ1) is 24.3. The van der Waals surface area contributed by atoms with Crippen molar-refractivity contribution in [2.24, 2.45) is 0 Å². The highest BCUT2D eigenvalue weighted by Crippen LogP contribution is 2.28. The second-order valence-corrected chi connectivity index (χ2v) is 7.62. The molecule has 1 N–H and O–H groups in total. The largest absolute Gasteiger partial charge is 0.493 e. The van der Waals surface area contributed by atoms with Gasteiger partial charge in [0.1, 0.15) is 12.4 Å². The van der Waals surface area contributed by atoms with Gasteiger partial charge in [-0.25, -0.2) is 0 Å². The van der Waals surface area contributed by atoms with Gasteiger partial charge in [0.15, 0.2) is 11.5 Å². The third kappa shape index (κ3) is 9.16. The fourth-order valence-corrected chi connectivity index (χ4v) is 3.21. The Hall–Kier alpha value is -2.95. The summed E-state index contributed by atoms with van der Waals surface area (Å²) in [5, 5.41) is 2.83. The number of carbonyl (C=O) groups is 1. The minimum absolute atomic E-state index is 0.167. The SMILES string of the molecule is CCCCCCOc1ccc(/C=C/C(=O)NCCOc2cc(C)cc(C)c2)cc1OC. The van der Waals surface area contributed by atoms with E-state index >= 15 is 0 Å². The molecule has 1 amide bonds. The quantitative estimate of drug-likeness (QED) is 0.341. The van der Waals surface area contributed by atoms with E-state index in [9.17, 15) is 4.79 Å². The molecule has 0 spiro atoms. The summed E-state index contributed by atoms with van der Waals surface area (Å²) in [7, 11) is 1.62. The van der Waals surface area contributed by atoms with Gasteiger partial charge in [0.2, 0.25) is 5.91 Å². The predicted molar refractivity (Wildman–Crippen MR) is 126 cm³/mol. The topological polar surface area (TPSA) is 56.8 Å². The zero-order chi connectivity index (χ0) is 22.5. The van der Waals surface area contributed by atoms with Gasteiger partial charge < -0.3 is 19.5 Å². The molecule has 0 radical (unpaired) electrons. The minimum atomic E-state index is -0.167. The van der Waals surface area contributed by atoms with Crippen LogP contribution in [0.5, 0.6) is 17.2 Å². The third-order valence-electron chi connectivity index (χ3n) is 4.74. The normalized spacial score (nSPS) is 10.8. The van der Waals surface area contributed by atoms with Crippen LogP contribution in [0, 0.1) is 13.8 Å². The molecule has 0 aliphatic heterocycles. The maximum Gasteiger partial charge on any atom is 0.244 e. The van der Waals surface area contributed by atoms with Gasteiger partial charge in [-0.15, -0.1) is 0 Å². The Morgan fingerprint density at radius 2 is 1.71 bits per heavy atom. The molecule has 0 fully saturated rings. The lowest BCUT2D eigenvalue weighted by atomic mass is 10.1. The molecule has 0 atom stereocenters. The fourth-order valence-electron chi connectivity index (χ4n) is 3.21. The summed E-state index contributed by atoms with van der Waals surface area (Å²) in [5.74, 6) is 2.05. The number of carbonyl (C=O) groups excluding carboxylic acids is 1. The maximum atomic E-state index is 12.1. The average Bonchev–Trinajstić information content (AvgIpc) is 2.75. The molecule has 0 aromatic heterocycles. The van der Waals surface area contributed by atoms with Gasteiger partial charge in [0.25, 0.3) is 0 Å². The van der Waals surface area contributed by atoms with Crippen molar-refractivity contribution < 1.29 is 19.0 Å². The van der Waals surface area contributed by atoms with Crippen LogP contribution < -0.4 is 19.5 Å². The van der Waals surface area contributed by atoms with Crippen LogP contribution in [0.1, 0.15) is 49.3 Å². The summed E-state index contributed by atoms with van der Waals surface area (Å²) in [6.45, 7) is 7.79. The standard InChI is InChI=1S/C26H35NO4/c1-5-6-7-8-14-31-24-11-9-22(19-25(24)29-4)10-12-26(28)27-13-15-30-23-17-20(2)16-21(3)18-23/h9-12,16-19H,5-8,13-15H2,1-4H3,(H,27,28)/b12-10+. The Morgan fingerprint density at radius 3 is 2.42 bits per heavy atom. The van der Waals surface area contributed by atoms with Gasteiger partial charge in [0, 0.05) is 6.08 Å². The molecule has 0 aliphatic rings. The summed E-state index contributed by atoms with van der Waals surface area (Å²) in [6, 6.07) is 11.7. The van der Waals surface area contributed by atoms with Crippen LogP contribution in [-0.2, 0) is 4.79 Å². The molecule has 0 unspecified atom stereocenters. The number of hydrogen-bond donors (Lipinski definition) is 1. The van der Waals surface area contributed by atoms with Crippen LogP contribution in [0.2, 0.25) is 0 Å². The second kappa shape index (κ2) is 13.4. The van der Waals surface area contributed by atoms with Crippen molar-refractivity contribution in [3.63, 3.8) is 0 Å². The first-order chi connectivity index (χ1) is 15.0. The summed E-state index contributed by atoms with van der Waals surface area (Å²) >= 11 is 0. The fraction of sp³-hybridized carbons (Fsp3) is 0.423. The molecule has 0 heterocycles. The predicted octanol–water partition coefficient (Wildman–Crippen LogP) is 5.48. The molecular formula is C26H35NO4. The molecule has 5 heteroatoms. The second-order valence-electron chi connectivity index (χ2n) is 7.62. The number of amides is 1. The smallest absolute Gasteiger partial charge is 0.244 e. The van der Waals surface area contributed by atoms with Crippen LogP contribution in [0.3, 0.4) is 0 Å². The molecule has 0 saturated carbocycles. The molecule has 5 nitrogen and oxygen atoms in total. The van der Waals surface area contributed by atoms with E-state index in [2.05, 4.69) is 18.3 Å². The van der Waals surface area contributed by atoms with Gasteiger partial charge in [-0.05, 0) is 67.3 Å². The minimum Gasteiger partial charge on any atom is -0.493 e. The Morgan fingerprint density at radius 1 is 0.935 bits per heavy atom. The van der Waals surface area contributed by atoms with Crippen LogP contribution in [0.4, 0.5) is 0 Å². The van der Waals surface area contributed by atoms with Crippen LogP contribution in [0.25, 0.3) is 6.08 Å². The molecule has 0 aliphatic carbocycles. The Labute approximate surface area is 186 Å². The lowest BCUT2D eigenvalue weighted by Crippen LogP contribution is -2.26. The van der Waals surface area contributed by atoms with Gasteiger partial charge in [-0.3, -0.25) is 4.79 Å². The number of rotatable bonds is 13. The molecule has 2 aromatic rings. The summed E-state index contributed by atoms with van der Waals surface area (Å²) in [4.78, 5) is 12.1. The van der Waals surface area contributed by atoms with Gasteiger partial charge in [0.05, 0.1) is 20.3 Å². The molecule has 31 heavy (non-hydrogen) atoms. The molecule has 0 saturated heterocycles.